The van der Waals surface area contributed by atoms with Gasteiger partial charge >= 0.3 is 5.69 Å². The van der Waals surface area contributed by atoms with Crippen LogP contribution in [-0.4, -0.2) is 22.2 Å². The molecule has 0 saturated heterocycles. The van der Waals surface area contributed by atoms with E-state index in [2.05, 4.69) is 10.5 Å². The quantitative estimate of drug-likeness (QED) is 0.449. The van der Waals surface area contributed by atoms with Crippen molar-refractivity contribution >= 4 is 29.4 Å². The molecule has 144 valence electrons. The number of phenols is 1. The molecule has 8 heteroatoms. The van der Waals surface area contributed by atoms with Gasteiger partial charge in [-0.1, -0.05) is 11.6 Å². The highest BCUT2D eigenvalue weighted by Gasteiger charge is 2.51. The molecule has 4 aliphatic carbocycles. The van der Waals surface area contributed by atoms with Crippen molar-refractivity contribution in [2.75, 3.05) is 0 Å². The molecule has 1 aromatic carbocycles. The molecule has 4 aliphatic rings. The fourth-order valence-corrected chi connectivity index (χ4v) is 6.12. The largest absolute Gasteiger partial charge is 0.502 e. The van der Waals surface area contributed by atoms with Crippen molar-refractivity contribution in [3.8, 4) is 5.75 Å². The Kier molecular flexibility index (Phi) is 4.58. The number of aromatic hydroxyl groups is 1. The zero-order valence-corrected chi connectivity index (χ0v) is 15.6. The van der Waals surface area contributed by atoms with Crippen LogP contribution in [0.4, 0.5) is 5.69 Å². The van der Waals surface area contributed by atoms with Crippen LogP contribution < -0.4 is 5.43 Å². The van der Waals surface area contributed by atoms with E-state index in [4.69, 9.17) is 11.6 Å². The van der Waals surface area contributed by atoms with Crippen LogP contribution in [-0.2, 0) is 4.79 Å². The lowest BCUT2D eigenvalue weighted by Gasteiger charge is -2.56. The van der Waals surface area contributed by atoms with E-state index in [1.807, 2.05) is 0 Å². The molecule has 5 rings (SSSR count). The maximum atomic E-state index is 12.4. The maximum absolute atomic E-state index is 12.4. The van der Waals surface area contributed by atoms with Gasteiger partial charge in [-0.05, 0) is 67.8 Å². The van der Waals surface area contributed by atoms with Crippen molar-refractivity contribution in [2.24, 2.45) is 28.3 Å². The third-order valence-electron chi connectivity index (χ3n) is 6.37. The molecule has 4 fully saturated rings. The third-order valence-corrected chi connectivity index (χ3v) is 6.59. The highest BCUT2D eigenvalue weighted by atomic mass is 35.5. The summed E-state index contributed by atoms with van der Waals surface area (Å²) in [6.45, 7) is 0. The number of nitrogens with one attached hydrogen (secondary N) is 1. The molecule has 1 aromatic rings. The van der Waals surface area contributed by atoms with Gasteiger partial charge in [0.05, 0.1) is 11.1 Å². The first-order valence-corrected chi connectivity index (χ1v) is 9.70. The predicted molar refractivity (Wildman–Crippen MR) is 101 cm³/mol. The number of rotatable bonds is 5. The number of phenolic OH excluding ortho intramolecular Hbond substituents is 1. The summed E-state index contributed by atoms with van der Waals surface area (Å²) in [5, 5.41) is 24.9. The summed E-state index contributed by atoms with van der Waals surface area (Å²) in [6.07, 6.45) is 9.04. The number of benzene rings is 1. The van der Waals surface area contributed by atoms with E-state index < -0.39 is 16.4 Å². The van der Waals surface area contributed by atoms with E-state index in [9.17, 15) is 20.0 Å². The monoisotopic (exact) mass is 391 g/mol. The van der Waals surface area contributed by atoms with Crippen LogP contribution in [0.25, 0.3) is 0 Å². The summed E-state index contributed by atoms with van der Waals surface area (Å²) in [6, 6.07) is 2.43. The fourth-order valence-electron chi connectivity index (χ4n) is 5.90. The van der Waals surface area contributed by atoms with Gasteiger partial charge < -0.3 is 5.11 Å². The van der Waals surface area contributed by atoms with E-state index in [0.29, 0.717) is 6.42 Å². The summed E-state index contributed by atoms with van der Waals surface area (Å²) < 4.78 is 0. The predicted octanol–water partition coefficient (Wildman–Crippen LogP) is 4.01. The smallest absolute Gasteiger partial charge is 0.312 e. The summed E-state index contributed by atoms with van der Waals surface area (Å²) in [7, 11) is 0. The van der Waals surface area contributed by atoms with Crippen LogP contribution in [0.3, 0.4) is 0 Å². The topological polar surface area (TPSA) is 105 Å². The molecule has 0 unspecified atom stereocenters. The molecule has 4 bridgehead atoms. The minimum Gasteiger partial charge on any atom is -0.502 e. The van der Waals surface area contributed by atoms with E-state index in [0.717, 1.165) is 43.1 Å². The molecule has 27 heavy (non-hydrogen) atoms. The van der Waals surface area contributed by atoms with Crippen molar-refractivity contribution in [3.63, 3.8) is 0 Å². The maximum Gasteiger partial charge on any atom is 0.312 e. The van der Waals surface area contributed by atoms with E-state index in [-0.39, 0.29) is 21.9 Å². The highest BCUT2D eigenvalue weighted by molar-refractivity contribution is 6.31. The van der Waals surface area contributed by atoms with E-state index >= 15 is 0 Å². The Balaban J connectivity index is 1.41. The molecular formula is C19H22ClN3O4. The minimum atomic E-state index is -0.718. The number of amides is 1. The van der Waals surface area contributed by atoms with Gasteiger partial charge in [0.1, 0.15) is 0 Å². The first kappa shape index (κ1) is 18.2. The Morgan fingerprint density at radius 1 is 1.30 bits per heavy atom. The van der Waals surface area contributed by atoms with Crippen molar-refractivity contribution < 1.29 is 14.8 Å². The second-order valence-electron chi connectivity index (χ2n) is 8.51. The van der Waals surface area contributed by atoms with Crippen LogP contribution >= 0.6 is 11.6 Å². The fraction of sp³-hybridized carbons (Fsp3) is 0.579. The standard InChI is InChI=1S/C19H22ClN3O4/c20-15-4-14(18(25)16(5-15)23(26)27)10-21-22-17(24)9-19-6-11-1-12(7-19)3-13(2-11)8-19/h4-5,10-13,25H,1-3,6-9H2,(H,22,24)/b21-10-. The molecule has 0 aliphatic heterocycles. The number of nitro groups is 1. The second-order valence-corrected chi connectivity index (χ2v) is 8.94. The normalized spacial score (nSPS) is 31.4. The van der Waals surface area contributed by atoms with Crippen LogP contribution in [0.2, 0.25) is 5.02 Å². The zero-order chi connectivity index (χ0) is 19.2. The molecule has 0 radical (unpaired) electrons. The minimum absolute atomic E-state index is 0.0873. The Morgan fingerprint density at radius 3 is 2.44 bits per heavy atom. The number of carbonyl (C=O) groups is 1. The molecule has 7 nitrogen and oxygen atoms in total. The van der Waals surface area contributed by atoms with Gasteiger partial charge in [0.25, 0.3) is 0 Å². The lowest BCUT2D eigenvalue weighted by atomic mass is 9.49. The molecule has 0 aromatic heterocycles. The zero-order valence-electron chi connectivity index (χ0n) is 14.9. The van der Waals surface area contributed by atoms with Gasteiger partial charge in [-0.2, -0.15) is 5.10 Å². The molecule has 1 amide bonds. The number of nitro benzene ring substituents is 1. The van der Waals surface area contributed by atoms with Gasteiger partial charge in [0, 0.05) is 23.1 Å². The molecule has 0 atom stereocenters. The average Bonchev–Trinajstić information content (AvgIpc) is 2.55. The number of carbonyl (C=O) groups excluding carboxylic acids is 1. The van der Waals surface area contributed by atoms with Crippen LogP contribution in [0.5, 0.6) is 5.75 Å². The number of halogens is 1. The second kappa shape index (κ2) is 6.78. The van der Waals surface area contributed by atoms with Gasteiger partial charge in [0.15, 0.2) is 0 Å². The van der Waals surface area contributed by atoms with Crippen molar-refractivity contribution in [1.82, 2.24) is 5.43 Å². The van der Waals surface area contributed by atoms with Crippen LogP contribution in [0.15, 0.2) is 17.2 Å². The van der Waals surface area contributed by atoms with Crippen molar-refractivity contribution in [1.29, 1.82) is 0 Å². The Hall–Kier alpha value is -2.15. The van der Waals surface area contributed by atoms with Gasteiger partial charge in [-0.3, -0.25) is 14.9 Å². The van der Waals surface area contributed by atoms with E-state index in [1.54, 1.807) is 0 Å². The third kappa shape index (κ3) is 3.65. The first-order chi connectivity index (χ1) is 12.8. The SMILES string of the molecule is O=C(CC12CC3CC(CC(C3)C1)C2)N/N=C\c1cc(Cl)cc([N+](=O)[O-])c1O. The summed E-state index contributed by atoms with van der Waals surface area (Å²) in [5.74, 6) is 1.65. The Bertz CT molecular complexity index is 788. The van der Waals surface area contributed by atoms with Gasteiger partial charge in [-0.25, -0.2) is 5.43 Å². The van der Waals surface area contributed by atoms with Gasteiger partial charge in [-0.15, -0.1) is 0 Å². The molecule has 0 spiro atoms. The molecule has 2 N–H and O–H groups in total. The molecule has 0 heterocycles. The molecule has 4 saturated carbocycles. The average molecular weight is 392 g/mol. The number of hydrazone groups is 1. The molecular weight excluding hydrogens is 370 g/mol. The lowest BCUT2D eigenvalue weighted by molar-refractivity contribution is -0.385. The highest BCUT2D eigenvalue weighted by Crippen LogP contribution is 2.61. The van der Waals surface area contributed by atoms with Crippen molar-refractivity contribution in [2.45, 2.75) is 44.9 Å². The van der Waals surface area contributed by atoms with Crippen LogP contribution in [0, 0.1) is 33.3 Å². The van der Waals surface area contributed by atoms with E-state index in [1.165, 1.54) is 31.5 Å². The number of hydrogen-bond acceptors (Lipinski definition) is 5. The number of hydrogen-bond donors (Lipinski definition) is 2. The summed E-state index contributed by atoms with van der Waals surface area (Å²) in [4.78, 5) is 22.6. The summed E-state index contributed by atoms with van der Waals surface area (Å²) in [5.41, 5.74) is 2.22. The van der Waals surface area contributed by atoms with Crippen molar-refractivity contribution in [3.05, 3.63) is 32.8 Å². The Labute approximate surface area is 161 Å². The van der Waals surface area contributed by atoms with Gasteiger partial charge in [0.2, 0.25) is 11.7 Å². The lowest BCUT2D eigenvalue weighted by Crippen LogP contribution is -2.47. The summed E-state index contributed by atoms with van der Waals surface area (Å²) >= 11 is 5.85. The number of nitrogens with zero attached hydrogens (tertiary/aromatic N) is 2. The van der Waals surface area contributed by atoms with Crippen LogP contribution in [0.1, 0.15) is 50.5 Å². The first-order valence-electron chi connectivity index (χ1n) is 9.32. The Morgan fingerprint density at radius 2 is 1.89 bits per heavy atom.